The van der Waals surface area contributed by atoms with E-state index in [-0.39, 0.29) is 29.9 Å². The zero-order chi connectivity index (χ0) is 23.3. The highest BCUT2D eigenvalue weighted by atomic mass is 19.4. The number of nitrogens with zero attached hydrogens (tertiary/aromatic N) is 2. The average Bonchev–Trinajstić information content (AvgIpc) is 3.14. The fourth-order valence-electron chi connectivity index (χ4n) is 3.27. The molecule has 4 nitrogen and oxygen atoms in total. The summed E-state index contributed by atoms with van der Waals surface area (Å²) in [7, 11) is 0. The van der Waals surface area contributed by atoms with Gasteiger partial charge in [0.15, 0.2) is 0 Å². The molecule has 3 aromatic rings. The Morgan fingerprint density at radius 2 is 1.84 bits per heavy atom. The van der Waals surface area contributed by atoms with Crippen molar-refractivity contribution in [3.05, 3.63) is 88.9 Å². The van der Waals surface area contributed by atoms with E-state index in [2.05, 4.69) is 0 Å². The molecular formula is C24H18F4N2O2. The molecule has 0 aliphatic rings. The van der Waals surface area contributed by atoms with Crippen molar-refractivity contribution in [3.63, 3.8) is 0 Å². The lowest BCUT2D eigenvalue weighted by Crippen LogP contribution is -2.12. The van der Waals surface area contributed by atoms with Gasteiger partial charge in [-0.3, -0.25) is 0 Å². The van der Waals surface area contributed by atoms with Crippen molar-refractivity contribution < 1.29 is 27.1 Å². The van der Waals surface area contributed by atoms with E-state index in [9.17, 15) is 27.6 Å². The Balaban J connectivity index is 2.13. The highest BCUT2D eigenvalue weighted by molar-refractivity contribution is 5.98. The third kappa shape index (κ3) is 5.06. The predicted octanol–water partition coefficient (Wildman–Crippen LogP) is 5.83. The van der Waals surface area contributed by atoms with Crippen molar-refractivity contribution in [1.29, 1.82) is 5.26 Å². The number of carbonyl (C=O) groups is 1. The first-order valence-corrected chi connectivity index (χ1v) is 9.63. The average molecular weight is 442 g/mol. The summed E-state index contributed by atoms with van der Waals surface area (Å²) in [6.07, 6.45) is -1.83. The molecule has 0 aliphatic carbocycles. The van der Waals surface area contributed by atoms with Crippen molar-refractivity contribution in [1.82, 2.24) is 4.57 Å². The number of aromatic nitrogens is 1. The number of hydrogen-bond donors (Lipinski definition) is 0. The lowest BCUT2D eigenvalue weighted by molar-refractivity contribution is -0.139. The maximum absolute atomic E-state index is 14.5. The van der Waals surface area contributed by atoms with E-state index in [1.165, 1.54) is 59.3 Å². The monoisotopic (exact) mass is 442 g/mol. The Morgan fingerprint density at radius 1 is 1.16 bits per heavy atom. The first kappa shape index (κ1) is 22.8. The molecule has 32 heavy (non-hydrogen) atoms. The largest absolute Gasteiger partial charge is 0.462 e. The number of benzene rings is 2. The zero-order valence-electron chi connectivity index (χ0n) is 17.0. The maximum atomic E-state index is 14.5. The molecule has 0 spiro atoms. The molecule has 1 heterocycles. The molecule has 1 aromatic heterocycles. The Hall–Kier alpha value is -3.86. The van der Waals surface area contributed by atoms with Crippen LogP contribution in [-0.4, -0.2) is 17.1 Å². The lowest BCUT2D eigenvalue weighted by atomic mass is 10.1. The summed E-state index contributed by atoms with van der Waals surface area (Å²) in [5.41, 5.74) is -0.264. The molecule has 0 unspecified atom stereocenters. The molecule has 0 saturated heterocycles. The summed E-state index contributed by atoms with van der Waals surface area (Å²) in [4.78, 5) is 11.9. The van der Waals surface area contributed by atoms with Crippen LogP contribution in [0, 0.1) is 17.1 Å². The van der Waals surface area contributed by atoms with Crippen LogP contribution in [0.1, 0.15) is 23.6 Å². The minimum atomic E-state index is -4.55. The molecule has 0 aliphatic heterocycles. The van der Waals surface area contributed by atoms with Gasteiger partial charge in [0.25, 0.3) is 0 Å². The van der Waals surface area contributed by atoms with Crippen molar-refractivity contribution in [2.75, 3.05) is 6.61 Å². The number of halogens is 4. The van der Waals surface area contributed by atoms with Gasteiger partial charge in [0.2, 0.25) is 0 Å². The molecular weight excluding hydrogens is 424 g/mol. The van der Waals surface area contributed by atoms with E-state index in [4.69, 9.17) is 4.74 Å². The van der Waals surface area contributed by atoms with Crippen LogP contribution in [0.2, 0.25) is 0 Å². The van der Waals surface area contributed by atoms with Gasteiger partial charge in [0.05, 0.1) is 17.9 Å². The van der Waals surface area contributed by atoms with E-state index in [1.54, 1.807) is 19.1 Å². The number of hydrogen-bond acceptors (Lipinski definition) is 3. The molecule has 0 N–H and O–H groups in total. The third-order valence-electron chi connectivity index (χ3n) is 4.66. The summed E-state index contributed by atoms with van der Waals surface area (Å²) >= 11 is 0. The second-order valence-electron chi connectivity index (χ2n) is 6.81. The van der Waals surface area contributed by atoms with Crippen molar-refractivity contribution in [2.24, 2.45) is 0 Å². The number of alkyl halides is 3. The lowest BCUT2D eigenvalue weighted by Gasteiger charge is -2.15. The van der Waals surface area contributed by atoms with Gasteiger partial charge in [0.1, 0.15) is 17.5 Å². The minimum Gasteiger partial charge on any atom is -0.462 e. The van der Waals surface area contributed by atoms with Gasteiger partial charge < -0.3 is 9.30 Å². The van der Waals surface area contributed by atoms with Crippen LogP contribution in [0.15, 0.2) is 66.4 Å². The highest BCUT2D eigenvalue weighted by Crippen LogP contribution is 2.34. The summed E-state index contributed by atoms with van der Waals surface area (Å²) in [6.45, 7) is 1.47. The fraction of sp³-hybridized carbons (Fsp3) is 0.167. The first-order chi connectivity index (χ1) is 15.2. The molecule has 2 aromatic carbocycles. The molecule has 0 amide bonds. The summed E-state index contributed by atoms with van der Waals surface area (Å²) in [6, 6.07) is 14.2. The summed E-state index contributed by atoms with van der Waals surface area (Å²) < 4.78 is 61.2. The number of carbonyl (C=O) groups excluding carboxylic acids is 1. The van der Waals surface area contributed by atoms with Crippen LogP contribution in [-0.2, 0) is 22.3 Å². The van der Waals surface area contributed by atoms with Crippen molar-refractivity contribution in [3.8, 4) is 17.3 Å². The van der Waals surface area contributed by atoms with E-state index in [0.29, 0.717) is 11.3 Å². The SMILES string of the molecule is CCOC(=O)/C(C#N)=C/c1cc(-c2ccccc2F)n(Cc2ccccc2C(F)(F)F)c1. The molecule has 8 heteroatoms. The number of rotatable bonds is 6. The Kier molecular flexibility index (Phi) is 6.79. The van der Waals surface area contributed by atoms with Gasteiger partial charge in [-0.15, -0.1) is 0 Å². The summed E-state index contributed by atoms with van der Waals surface area (Å²) in [5.74, 6) is -1.38. The third-order valence-corrected chi connectivity index (χ3v) is 4.66. The quantitative estimate of drug-likeness (QED) is 0.209. The number of nitriles is 1. The van der Waals surface area contributed by atoms with Crippen LogP contribution in [0.25, 0.3) is 17.3 Å². The first-order valence-electron chi connectivity index (χ1n) is 9.63. The van der Waals surface area contributed by atoms with Gasteiger partial charge in [0, 0.05) is 18.3 Å². The van der Waals surface area contributed by atoms with Gasteiger partial charge in [-0.1, -0.05) is 30.3 Å². The van der Waals surface area contributed by atoms with Crippen LogP contribution in [0.4, 0.5) is 17.6 Å². The molecule has 0 saturated carbocycles. The molecule has 0 bridgehead atoms. The van der Waals surface area contributed by atoms with Crippen molar-refractivity contribution in [2.45, 2.75) is 19.6 Å². The molecule has 0 fully saturated rings. The predicted molar refractivity (Wildman–Crippen MR) is 111 cm³/mol. The standard InChI is InChI=1S/C24H18F4N2O2/c1-2-32-23(31)18(13-29)11-16-12-22(19-8-4-6-10-21(19)25)30(14-16)15-17-7-3-5-9-20(17)24(26,27)28/h3-12,14H,2,15H2,1H3/b18-11+. The highest BCUT2D eigenvalue weighted by Gasteiger charge is 2.33. The Morgan fingerprint density at radius 3 is 2.50 bits per heavy atom. The number of esters is 1. The van der Waals surface area contributed by atoms with Crippen LogP contribution in [0.5, 0.6) is 0 Å². The van der Waals surface area contributed by atoms with Gasteiger partial charge >= 0.3 is 12.1 Å². The fourth-order valence-corrected chi connectivity index (χ4v) is 3.27. The van der Waals surface area contributed by atoms with Gasteiger partial charge in [-0.05, 0) is 48.4 Å². The summed E-state index contributed by atoms with van der Waals surface area (Å²) in [5, 5.41) is 9.27. The van der Waals surface area contributed by atoms with Crippen LogP contribution >= 0.6 is 0 Å². The number of ether oxygens (including phenoxy) is 1. The van der Waals surface area contributed by atoms with E-state index in [1.807, 2.05) is 0 Å². The second kappa shape index (κ2) is 9.52. The van der Waals surface area contributed by atoms with Gasteiger partial charge in [-0.25, -0.2) is 9.18 Å². The Labute approximate surface area is 182 Å². The maximum Gasteiger partial charge on any atom is 0.416 e. The van der Waals surface area contributed by atoms with Gasteiger partial charge in [-0.2, -0.15) is 18.4 Å². The second-order valence-corrected chi connectivity index (χ2v) is 6.81. The molecule has 0 atom stereocenters. The molecule has 164 valence electrons. The van der Waals surface area contributed by atoms with E-state index >= 15 is 0 Å². The Bertz CT molecular complexity index is 1200. The van der Waals surface area contributed by atoms with E-state index in [0.717, 1.165) is 6.07 Å². The van der Waals surface area contributed by atoms with Crippen LogP contribution < -0.4 is 0 Å². The van der Waals surface area contributed by atoms with E-state index < -0.39 is 23.5 Å². The topological polar surface area (TPSA) is 55.0 Å². The van der Waals surface area contributed by atoms with Crippen molar-refractivity contribution >= 4 is 12.0 Å². The molecule has 0 radical (unpaired) electrons. The van der Waals surface area contributed by atoms with Crippen LogP contribution in [0.3, 0.4) is 0 Å². The normalized spacial score (nSPS) is 11.8. The zero-order valence-corrected chi connectivity index (χ0v) is 17.0. The smallest absolute Gasteiger partial charge is 0.416 e. The minimum absolute atomic E-state index is 0.00498. The molecule has 3 rings (SSSR count).